The molecule has 4 rings (SSSR count). The van der Waals surface area contributed by atoms with Gasteiger partial charge in [0.25, 0.3) is 5.91 Å². The fourth-order valence-electron chi connectivity index (χ4n) is 3.52. The molecule has 8 heteroatoms. The van der Waals surface area contributed by atoms with E-state index >= 15 is 0 Å². The van der Waals surface area contributed by atoms with Crippen molar-refractivity contribution in [3.8, 4) is 5.75 Å². The van der Waals surface area contributed by atoms with Gasteiger partial charge in [-0.3, -0.25) is 9.59 Å². The largest absolute Gasteiger partial charge is 0.490 e. The summed E-state index contributed by atoms with van der Waals surface area (Å²) in [6.45, 7) is 0.600. The number of ether oxygens (including phenoxy) is 1. The van der Waals surface area contributed by atoms with Gasteiger partial charge in [0.2, 0.25) is 5.91 Å². The molecule has 2 amide bonds. The van der Waals surface area contributed by atoms with Gasteiger partial charge >= 0.3 is 0 Å². The number of hydrogen-bond acceptors (Lipinski definition) is 4. The summed E-state index contributed by atoms with van der Waals surface area (Å²) in [7, 11) is 0. The average Bonchev–Trinajstić information content (AvgIpc) is 3.50. The molecule has 2 aromatic carbocycles. The summed E-state index contributed by atoms with van der Waals surface area (Å²) >= 11 is 1.32. The second-order valence-electron chi connectivity index (χ2n) is 7.49. The van der Waals surface area contributed by atoms with Crippen LogP contribution in [0.2, 0.25) is 0 Å². The summed E-state index contributed by atoms with van der Waals surface area (Å²) in [6, 6.07) is 16.8. The summed E-state index contributed by atoms with van der Waals surface area (Å²) in [4.78, 5) is 29.3. The van der Waals surface area contributed by atoms with Gasteiger partial charge < -0.3 is 20.4 Å². The molecule has 0 radical (unpaired) electrons. The normalized spacial score (nSPS) is 11.8. The van der Waals surface area contributed by atoms with Gasteiger partial charge in [-0.1, -0.05) is 36.4 Å². The molecule has 0 aliphatic rings. The molecule has 0 spiro atoms. The number of amides is 2. The van der Waals surface area contributed by atoms with E-state index in [1.807, 2.05) is 35.8 Å². The fourth-order valence-corrected chi connectivity index (χ4v) is 4.14. The topological polar surface area (TPSA) is 83.2 Å². The van der Waals surface area contributed by atoms with E-state index in [9.17, 15) is 14.0 Å². The van der Waals surface area contributed by atoms with E-state index in [4.69, 9.17) is 4.74 Å². The van der Waals surface area contributed by atoms with Gasteiger partial charge in [0.1, 0.15) is 6.04 Å². The third kappa shape index (κ3) is 5.78. The van der Waals surface area contributed by atoms with Crippen LogP contribution in [0, 0.1) is 5.82 Å². The summed E-state index contributed by atoms with van der Waals surface area (Å²) in [5.74, 6) is -0.801. The number of carbonyl (C=O) groups is 2. The summed E-state index contributed by atoms with van der Waals surface area (Å²) in [5.41, 5.74) is 1.92. The number of fused-ring (bicyclic) bond motifs is 1. The van der Waals surface area contributed by atoms with Crippen molar-refractivity contribution in [3.05, 3.63) is 88.5 Å². The highest BCUT2D eigenvalue weighted by Gasteiger charge is 2.23. The van der Waals surface area contributed by atoms with Gasteiger partial charge in [0.15, 0.2) is 11.6 Å². The lowest BCUT2D eigenvalue weighted by atomic mass is 10.0. The lowest BCUT2D eigenvalue weighted by Crippen LogP contribution is -2.48. The van der Waals surface area contributed by atoms with E-state index < -0.39 is 11.9 Å². The molecular formula is C25H24FN3O3S. The highest BCUT2D eigenvalue weighted by atomic mass is 32.1. The van der Waals surface area contributed by atoms with Gasteiger partial charge in [0.05, 0.1) is 11.5 Å². The van der Waals surface area contributed by atoms with Crippen LogP contribution in [0.4, 0.5) is 4.39 Å². The van der Waals surface area contributed by atoms with Gasteiger partial charge in [0, 0.05) is 30.1 Å². The zero-order valence-electron chi connectivity index (χ0n) is 17.8. The second kappa shape index (κ2) is 10.8. The van der Waals surface area contributed by atoms with E-state index in [0.717, 1.165) is 16.5 Å². The van der Waals surface area contributed by atoms with Crippen LogP contribution in [-0.4, -0.2) is 36.0 Å². The van der Waals surface area contributed by atoms with Crippen molar-refractivity contribution < 1.29 is 18.7 Å². The number of para-hydroxylation sites is 2. The maximum atomic E-state index is 13.6. The number of halogens is 1. The Morgan fingerprint density at radius 3 is 2.70 bits per heavy atom. The molecule has 0 unspecified atom stereocenters. The van der Waals surface area contributed by atoms with Crippen molar-refractivity contribution in [2.75, 3.05) is 13.2 Å². The van der Waals surface area contributed by atoms with Crippen molar-refractivity contribution in [1.29, 1.82) is 0 Å². The quantitative estimate of drug-likeness (QED) is 0.306. The molecule has 0 saturated heterocycles. The minimum atomic E-state index is -0.744. The van der Waals surface area contributed by atoms with Gasteiger partial charge in [-0.25, -0.2) is 4.39 Å². The Morgan fingerprint density at radius 1 is 1.06 bits per heavy atom. The van der Waals surface area contributed by atoms with E-state index in [0.29, 0.717) is 24.3 Å². The Kier molecular flexibility index (Phi) is 7.36. The number of rotatable bonds is 10. The van der Waals surface area contributed by atoms with Crippen molar-refractivity contribution in [3.63, 3.8) is 0 Å². The Morgan fingerprint density at radius 2 is 1.88 bits per heavy atom. The first-order valence-electron chi connectivity index (χ1n) is 10.7. The molecule has 2 aromatic heterocycles. The maximum absolute atomic E-state index is 13.6. The minimum absolute atomic E-state index is 0.184. The summed E-state index contributed by atoms with van der Waals surface area (Å²) < 4.78 is 19.1. The Balaban J connectivity index is 1.37. The molecule has 3 N–H and O–H groups in total. The first kappa shape index (κ1) is 22.5. The number of benzene rings is 2. The first-order chi connectivity index (χ1) is 16.1. The molecule has 0 aliphatic carbocycles. The predicted octanol–water partition coefficient (Wildman–Crippen LogP) is 4.29. The van der Waals surface area contributed by atoms with Crippen LogP contribution in [0.5, 0.6) is 5.75 Å². The van der Waals surface area contributed by atoms with Gasteiger partial charge in [-0.15, -0.1) is 11.3 Å². The van der Waals surface area contributed by atoms with E-state index in [1.54, 1.807) is 30.3 Å². The Hall–Kier alpha value is -3.65. The molecule has 1 atom stereocenters. The number of aromatic nitrogens is 1. The van der Waals surface area contributed by atoms with Crippen LogP contribution < -0.4 is 15.4 Å². The number of hydrogen-bond donors (Lipinski definition) is 3. The van der Waals surface area contributed by atoms with Crippen LogP contribution in [0.15, 0.2) is 72.2 Å². The standard InChI is InChI=1S/C25H24FN3O3S/c26-19-8-2-4-10-22(19)32-13-6-12-27-24(30)21(29-25(31)23-11-5-14-33-23)15-17-16-28-20-9-3-1-7-18(17)20/h1-5,7-11,14,16,21,28H,6,12-13,15H2,(H,27,30)(H,29,31)/t21-/m0/s1. The Bertz CT molecular complexity index is 1220. The zero-order chi connectivity index (χ0) is 23.0. The molecule has 0 fully saturated rings. The summed E-state index contributed by atoms with van der Waals surface area (Å²) in [5, 5.41) is 8.55. The molecule has 170 valence electrons. The van der Waals surface area contributed by atoms with E-state index in [-0.39, 0.29) is 24.2 Å². The number of H-pyrrole nitrogens is 1. The molecule has 4 aromatic rings. The lowest BCUT2D eigenvalue weighted by Gasteiger charge is -2.18. The molecule has 0 bridgehead atoms. The minimum Gasteiger partial charge on any atom is -0.490 e. The van der Waals surface area contributed by atoms with Crippen LogP contribution in [0.25, 0.3) is 10.9 Å². The van der Waals surface area contributed by atoms with Crippen LogP contribution in [-0.2, 0) is 11.2 Å². The molecule has 0 aliphatic heterocycles. The highest BCUT2D eigenvalue weighted by molar-refractivity contribution is 7.12. The number of aromatic amines is 1. The SMILES string of the molecule is O=C(N[C@@H](Cc1c[nH]c2ccccc12)C(=O)NCCCOc1ccccc1F)c1cccs1. The van der Waals surface area contributed by atoms with Gasteiger partial charge in [-0.2, -0.15) is 0 Å². The fraction of sp³-hybridized carbons (Fsp3) is 0.200. The maximum Gasteiger partial charge on any atom is 0.262 e. The monoisotopic (exact) mass is 465 g/mol. The lowest BCUT2D eigenvalue weighted by molar-refractivity contribution is -0.122. The predicted molar refractivity (Wildman–Crippen MR) is 127 cm³/mol. The molecule has 0 saturated carbocycles. The van der Waals surface area contributed by atoms with Crippen molar-refractivity contribution in [1.82, 2.24) is 15.6 Å². The molecule has 33 heavy (non-hydrogen) atoms. The number of nitrogens with one attached hydrogen (secondary N) is 3. The van der Waals surface area contributed by atoms with E-state index in [2.05, 4.69) is 15.6 Å². The van der Waals surface area contributed by atoms with Crippen molar-refractivity contribution in [2.24, 2.45) is 0 Å². The first-order valence-corrected chi connectivity index (χ1v) is 11.5. The van der Waals surface area contributed by atoms with Crippen LogP contribution >= 0.6 is 11.3 Å². The van der Waals surface area contributed by atoms with Crippen LogP contribution in [0.1, 0.15) is 21.7 Å². The second-order valence-corrected chi connectivity index (χ2v) is 8.44. The Labute approximate surface area is 194 Å². The third-order valence-electron chi connectivity index (χ3n) is 5.18. The van der Waals surface area contributed by atoms with E-state index in [1.165, 1.54) is 17.4 Å². The summed E-state index contributed by atoms with van der Waals surface area (Å²) in [6.07, 6.45) is 2.71. The highest BCUT2D eigenvalue weighted by Crippen LogP contribution is 2.20. The zero-order valence-corrected chi connectivity index (χ0v) is 18.7. The molecule has 2 heterocycles. The van der Waals surface area contributed by atoms with Crippen LogP contribution in [0.3, 0.4) is 0 Å². The average molecular weight is 466 g/mol. The van der Waals surface area contributed by atoms with Gasteiger partial charge in [-0.05, 0) is 41.6 Å². The number of thiophene rings is 1. The molecular weight excluding hydrogens is 441 g/mol. The third-order valence-corrected chi connectivity index (χ3v) is 6.05. The molecule has 6 nitrogen and oxygen atoms in total. The van der Waals surface area contributed by atoms with Crippen molar-refractivity contribution >= 4 is 34.1 Å². The number of carbonyl (C=O) groups excluding carboxylic acids is 2. The van der Waals surface area contributed by atoms with Crippen molar-refractivity contribution in [2.45, 2.75) is 18.9 Å². The smallest absolute Gasteiger partial charge is 0.262 e.